The Morgan fingerprint density at radius 3 is 2.07 bits per heavy atom. The maximum Gasteiger partial charge on any atom is 0.245 e. The zero-order valence-electron chi connectivity index (χ0n) is 23.8. The maximum atomic E-state index is 12.7. The number of phenols is 1. The van der Waals surface area contributed by atoms with Crippen molar-refractivity contribution < 1.29 is 34.2 Å². The maximum absolute atomic E-state index is 12.7. The summed E-state index contributed by atoms with van der Waals surface area (Å²) >= 11 is 0. The van der Waals surface area contributed by atoms with Gasteiger partial charge in [0, 0.05) is 6.54 Å². The Hall–Kier alpha value is -4.44. The van der Waals surface area contributed by atoms with Crippen LogP contribution in [0.2, 0.25) is 0 Å². The van der Waals surface area contributed by atoms with E-state index in [0.717, 1.165) is 5.56 Å². The number of nitrogens with one attached hydrogen (secondary N) is 4. The summed E-state index contributed by atoms with van der Waals surface area (Å²) in [6, 6.07) is 2.71. The van der Waals surface area contributed by atoms with Gasteiger partial charge < -0.3 is 54.4 Å². The number of guanidine groups is 1. The zero-order chi connectivity index (χ0) is 31.8. The molecule has 1 aromatic rings. The molecule has 234 valence electrons. The minimum absolute atomic E-state index is 0.0807. The molecule has 5 amide bonds. The quantitative estimate of drug-likeness (QED) is 0.0267. The number of nitrogens with zero attached hydrogens (tertiary/aromatic N) is 1. The summed E-state index contributed by atoms with van der Waals surface area (Å²) in [4.78, 5) is 65.9. The topological polar surface area (TPSA) is 290 Å². The summed E-state index contributed by atoms with van der Waals surface area (Å²) in [5.74, 6) is -4.17. The third kappa shape index (κ3) is 13.3. The summed E-state index contributed by atoms with van der Waals surface area (Å²) < 4.78 is 0. The molecule has 0 heterocycles. The van der Waals surface area contributed by atoms with Gasteiger partial charge in [0.25, 0.3) is 0 Å². The number of benzene rings is 1. The number of rotatable bonds is 18. The molecule has 0 aliphatic carbocycles. The fourth-order valence-corrected chi connectivity index (χ4v) is 3.67. The molecule has 0 unspecified atom stereocenters. The van der Waals surface area contributed by atoms with Gasteiger partial charge in [0.15, 0.2) is 5.96 Å². The monoisotopic (exact) mass is 593 g/mol. The first-order valence-electron chi connectivity index (χ1n) is 13.5. The number of aliphatic imine (C=N–C) groups is 1. The van der Waals surface area contributed by atoms with Crippen LogP contribution in [0.25, 0.3) is 0 Å². The van der Waals surface area contributed by atoms with Gasteiger partial charge in [-0.3, -0.25) is 29.0 Å². The molecule has 0 radical (unpaired) electrons. The number of carbonyl (C=O) groups excluding carboxylic acids is 5. The first kappa shape index (κ1) is 35.6. The van der Waals surface area contributed by atoms with Gasteiger partial charge in [-0.25, -0.2) is 0 Å². The van der Waals surface area contributed by atoms with E-state index in [4.69, 9.17) is 22.9 Å². The van der Waals surface area contributed by atoms with Crippen LogP contribution < -0.4 is 44.2 Å². The van der Waals surface area contributed by atoms with Crippen molar-refractivity contribution in [3.63, 3.8) is 0 Å². The Morgan fingerprint density at radius 1 is 0.905 bits per heavy atom. The van der Waals surface area contributed by atoms with E-state index in [9.17, 15) is 34.2 Å². The number of amides is 5. The number of hydrogen-bond donors (Lipinski definition) is 10. The first-order chi connectivity index (χ1) is 19.8. The predicted octanol–water partition coefficient (Wildman–Crippen LogP) is -3.24. The third-order valence-electron chi connectivity index (χ3n) is 6.32. The van der Waals surface area contributed by atoms with Crippen molar-refractivity contribution in [3.05, 3.63) is 29.8 Å². The van der Waals surface area contributed by atoms with Crippen molar-refractivity contribution in [2.24, 2.45) is 33.8 Å². The van der Waals surface area contributed by atoms with Crippen molar-refractivity contribution >= 4 is 35.5 Å². The lowest BCUT2D eigenvalue weighted by Crippen LogP contribution is -2.57. The number of carbonyl (C=O) groups is 5. The molecule has 42 heavy (non-hydrogen) atoms. The molecule has 0 fully saturated rings. The van der Waals surface area contributed by atoms with E-state index < -0.39 is 66.9 Å². The molecular weight excluding hydrogens is 550 g/mol. The average Bonchev–Trinajstić information content (AvgIpc) is 2.93. The Bertz CT molecular complexity index is 1090. The lowest BCUT2D eigenvalue weighted by molar-refractivity contribution is -0.134. The van der Waals surface area contributed by atoms with Crippen LogP contribution in [0.3, 0.4) is 0 Å². The highest BCUT2D eigenvalue weighted by Gasteiger charge is 2.27. The highest BCUT2D eigenvalue weighted by molar-refractivity contribution is 5.99. The molecule has 0 bridgehead atoms. The van der Waals surface area contributed by atoms with Crippen LogP contribution in [-0.4, -0.2) is 83.2 Å². The summed E-state index contributed by atoms with van der Waals surface area (Å²) in [6.45, 7) is 3.02. The molecule has 0 aliphatic rings. The SMILES string of the molecule is CC[C@H](C)[C@@H](NC(=O)CC(=O)N[C@@H](CO)C(=O)N[C@@H](CCCN=C(N)N)C(N)=O)NC(=O)[C@@H](N)Cc1ccc(O)cc1. The van der Waals surface area contributed by atoms with Gasteiger partial charge in [-0.15, -0.1) is 0 Å². The molecule has 0 aliphatic heterocycles. The Labute approximate surface area is 244 Å². The standard InChI is InChI=1S/C26H43N9O7/c1-3-14(2)23(35-24(41)17(27)11-15-6-8-16(37)9-7-15)34-21(39)12-20(38)32-19(13-36)25(42)33-18(22(28)40)5-4-10-31-26(29)30/h6-9,14,17-19,23,36-37H,3-5,10-13,27H2,1-2H3,(H2,28,40)(H,32,38)(H,33,42)(H,34,39)(H,35,41)(H4,29,30,31)/t14-,17-,18-,19-,23-/m0/s1. The molecule has 1 aromatic carbocycles. The van der Waals surface area contributed by atoms with Crippen molar-refractivity contribution in [1.29, 1.82) is 0 Å². The van der Waals surface area contributed by atoms with Crippen molar-refractivity contribution in [3.8, 4) is 5.75 Å². The molecule has 16 heteroatoms. The zero-order valence-corrected chi connectivity index (χ0v) is 23.8. The van der Waals surface area contributed by atoms with Crippen molar-refractivity contribution in [2.45, 2.75) is 70.2 Å². The van der Waals surface area contributed by atoms with Gasteiger partial charge >= 0.3 is 0 Å². The lowest BCUT2D eigenvalue weighted by atomic mass is 10.0. The number of aromatic hydroxyl groups is 1. The van der Waals surface area contributed by atoms with Gasteiger partial charge in [-0.2, -0.15) is 0 Å². The normalized spacial score (nSPS) is 14.3. The summed E-state index contributed by atoms with van der Waals surface area (Å²) in [5, 5.41) is 28.9. The number of phenolic OH excluding ortho intramolecular Hbond substituents is 1. The van der Waals surface area contributed by atoms with Crippen molar-refractivity contribution in [2.75, 3.05) is 13.2 Å². The number of nitrogens with two attached hydrogens (primary N) is 4. The molecular formula is C26H43N9O7. The second kappa shape index (κ2) is 18.1. The number of aliphatic hydroxyl groups excluding tert-OH is 1. The largest absolute Gasteiger partial charge is 0.508 e. The van der Waals surface area contributed by atoms with Crippen LogP contribution in [0, 0.1) is 5.92 Å². The van der Waals surface area contributed by atoms with E-state index in [0.29, 0.717) is 12.8 Å². The van der Waals surface area contributed by atoms with E-state index in [2.05, 4.69) is 26.3 Å². The van der Waals surface area contributed by atoms with Crippen LogP contribution in [0.1, 0.15) is 45.1 Å². The molecule has 5 atom stereocenters. The van der Waals surface area contributed by atoms with Crippen molar-refractivity contribution in [1.82, 2.24) is 21.3 Å². The van der Waals surface area contributed by atoms with E-state index in [1.165, 1.54) is 12.1 Å². The van der Waals surface area contributed by atoms with Crippen LogP contribution in [0.5, 0.6) is 5.75 Å². The Morgan fingerprint density at radius 2 is 1.52 bits per heavy atom. The molecule has 0 saturated carbocycles. The molecule has 0 spiro atoms. The van der Waals surface area contributed by atoms with E-state index in [-0.39, 0.29) is 37.0 Å². The second-order valence-corrected chi connectivity index (χ2v) is 9.81. The van der Waals surface area contributed by atoms with Gasteiger partial charge in [0.05, 0.1) is 12.6 Å². The highest BCUT2D eigenvalue weighted by atomic mass is 16.3. The smallest absolute Gasteiger partial charge is 0.245 e. The summed E-state index contributed by atoms with van der Waals surface area (Å²) in [7, 11) is 0. The van der Waals surface area contributed by atoms with Crippen LogP contribution in [0.4, 0.5) is 0 Å². The molecule has 14 N–H and O–H groups in total. The molecule has 1 rings (SSSR count). The van der Waals surface area contributed by atoms with E-state index in [1.807, 2.05) is 6.92 Å². The van der Waals surface area contributed by atoms with Gasteiger partial charge in [0.1, 0.15) is 30.4 Å². The minimum atomic E-state index is -1.46. The lowest BCUT2D eigenvalue weighted by Gasteiger charge is -2.27. The van der Waals surface area contributed by atoms with Gasteiger partial charge in [-0.1, -0.05) is 26.0 Å². The van der Waals surface area contributed by atoms with Gasteiger partial charge in [-0.05, 0) is 49.3 Å². The molecule has 16 nitrogen and oxygen atoms in total. The number of aliphatic hydroxyl groups is 1. The first-order valence-corrected chi connectivity index (χ1v) is 13.5. The third-order valence-corrected chi connectivity index (χ3v) is 6.32. The summed E-state index contributed by atoms with van der Waals surface area (Å²) in [5.41, 5.74) is 22.6. The van der Waals surface area contributed by atoms with Crippen LogP contribution >= 0.6 is 0 Å². The van der Waals surface area contributed by atoms with Crippen LogP contribution in [-0.2, 0) is 30.4 Å². The Kier molecular flexibility index (Phi) is 15.3. The number of hydrogen-bond acceptors (Lipinski definition) is 9. The van der Waals surface area contributed by atoms with Gasteiger partial charge in [0.2, 0.25) is 29.5 Å². The molecule has 0 saturated heterocycles. The summed E-state index contributed by atoms with van der Waals surface area (Å²) in [6.07, 6.45) is -0.381. The number of primary amides is 1. The fraction of sp³-hybridized carbons (Fsp3) is 0.538. The van der Waals surface area contributed by atoms with E-state index >= 15 is 0 Å². The second-order valence-electron chi connectivity index (χ2n) is 9.81. The predicted molar refractivity (Wildman–Crippen MR) is 154 cm³/mol. The Balaban J connectivity index is 2.70. The average molecular weight is 594 g/mol. The van der Waals surface area contributed by atoms with Crippen LogP contribution in [0.15, 0.2) is 29.3 Å². The highest BCUT2D eigenvalue weighted by Crippen LogP contribution is 2.12. The minimum Gasteiger partial charge on any atom is -0.508 e. The van der Waals surface area contributed by atoms with E-state index in [1.54, 1.807) is 19.1 Å². The molecule has 0 aromatic heterocycles. The fourth-order valence-electron chi connectivity index (χ4n) is 3.67.